The summed E-state index contributed by atoms with van der Waals surface area (Å²) in [6.45, 7) is 4.40. The molecule has 0 aromatic heterocycles. The first-order valence-corrected chi connectivity index (χ1v) is 4.41. The van der Waals surface area contributed by atoms with Crippen LogP contribution in [0.4, 0.5) is 0 Å². The van der Waals surface area contributed by atoms with Gasteiger partial charge in [-0.15, -0.1) is 11.6 Å². The van der Waals surface area contributed by atoms with Crippen molar-refractivity contribution in [1.82, 2.24) is 0 Å². The van der Waals surface area contributed by atoms with Crippen LogP contribution in [0.1, 0.15) is 41.8 Å². The van der Waals surface area contributed by atoms with E-state index in [-0.39, 0.29) is 5.38 Å². The zero-order valence-corrected chi connectivity index (χ0v) is 7.52. The van der Waals surface area contributed by atoms with Crippen LogP contribution >= 0.6 is 11.6 Å². The van der Waals surface area contributed by atoms with Crippen LogP contribution in [-0.4, -0.2) is 0 Å². The minimum absolute atomic E-state index is 0.225. The van der Waals surface area contributed by atoms with Gasteiger partial charge in [0.1, 0.15) is 0 Å². The van der Waals surface area contributed by atoms with E-state index in [1.165, 1.54) is 16.7 Å². The van der Waals surface area contributed by atoms with Crippen molar-refractivity contribution in [3.8, 4) is 0 Å². The molecule has 0 amide bonds. The van der Waals surface area contributed by atoms with E-state index in [9.17, 15) is 0 Å². The van der Waals surface area contributed by atoms with Gasteiger partial charge in [0, 0.05) is 0 Å². The Bertz CT molecular complexity index is 289. The van der Waals surface area contributed by atoms with E-state index < -0.39 is 0 Å². The summed E-state index contributed by atoms with van der Waals surface area (Å²) in [7, 11) is 0. The second-order valence-electron chi connectivity index (χ2n) is 3.41. The van der Waals surface area contributed by atoms with Gasteiger partial charge >= 0.3 is 0 Å². The van der Waals surface area contributed by atoms with Crippen molar-refractivity contribution in [1.29, 1.82) is 0 Å². The van der Waals surface area contributed by atoms with Crippen molar-refractivity contribution in [2.75, 3.05) is 0 Å². The van der Waals surface area contributed by atoms with E-state index in [0.717, 1.165) is 0 Å². The average molecular weight is 167 g/mol. The summed E-state index contributed by atoms with van der Waals surface area (Å²) < 4.78 is 0. The SMILES string of the molecule is CC(C)c1ccc2c(c1)C2Cl. The summed E-state index contributed by atoms with van der Waals surface area (Å²) in [5, 5.41) is 0.225. The van der Waals surface area contributed by atoms with Gasteiger partial charge in [-0.3, -0.25) is 0 Å². The highest BCUT2D eigenvalue weighted by atomic mass is 35.5. The normalized spacial score (nSPS) is 20.2. The molecule has 0 saturated heterocycles. The van der Waals surface area contributed by atoms with Gasteiger partial charge in [0.05, 0.1) is 5.38 Å². The van der Waals surface area contributed by atoms with E-state index in [2.05, 4.69) is 32.0 Å². The lowest BCUT2D eigenvalue weighted by Crippen LogP contribution is -1.83. The molecular weight excluding hydrogens is 156 g/mol. The first-order valence-electron chi connectivity index (χ1n) is 3.98. The van der Waals surface area contributed by atoms with Gasteiger partial charge < -0.3 is 0 Å². The molecule has 1 heteroatoms. The summed E-state index contributed by atoms with van der Waals surface area (Å²) >= 11 is 5.96. The Kier molecular flexibility index (Phi) is 1.47. The van der Waals surface area contributed by atoms with Gasteiger partial charge in [-0.05, 0) is 22.6 Å². The largest absolute Gasteiger partial charge is 0.113 e. The van der Waals surface area contributed by atoms with Crippen LogP contribution in [0.15, 0.2) is 18.2 Å². The lowest BCUT2D eigenvalue weighted by Gasteiger charge is -2.01. The fraction of sp³-hybridized carbons (Fsp3) is 0.400. The molecule has 0 spiro atoms. The fourth-order valence-electron chi connectivity index (χ4n) is 1.34. The second-order valence-corrected chi connectivity index (χ2v) is 3.84. The Balaban J connectivity index is 2.36. The van der Waals surface area contributed by atoms with Crippen molar-refractivity contribution in [3.63, 3.8) is 0 Å². The predicted octanol–water partition coefficient (Wildman–Crippen LogP) is 3.45. The minimum Gasteiger partial charge on any atom is -0.113 e. The third-order valence-electron chi connectivity index (χ3n) is 2.24. The average Bonchev–Trinajstić information content (AvgIpc) is 2.62. The van der Waals surface area contributed by atoms with E-state index >= 15 is 0 Å². The molecule has 0 radical (unpaired) electrons. The molecule has 1 unspecified atom stereocenters. The van der Waals surface area contributed by atoms with Crippen LogP contribution in [0.5, 0.6) is 0 Å². The summed E-state index contributed by atoms with van der Waals surface area (Å²) in [6, 6.07) is 6.53. The summed E-state index contributed by atoms with van der Waals surface area (Å²) in [5.41, 5.74) is 4.04. The molecule has 11 heavy (non-hydrogen) atoms. The first-order chi connectivity index (χ1) is 5.20. The Hall–Kier alpha value is -0.490. The Morgan fingerprint density at radius 1 is 1.27 bits per heavy atom. The molecule has 0 N–H and O–H groups in total. The molecule has 0 saturated carbocycles. The molecule has 1 aliphatic rings. The maximum Gasteiger partial charge on any atom is 0.0842 e. The van der Waals surface area contributed by atoms with Gasteiger partial charge in [0.25, 0.3) is 0 Å². The van der Waals surface area contributed by atoms with Gasteiger partial charge in [-0.2, -0.15) is 0 Å². The van der Waals surface area contributed by atoms with Crippen LogP contribution in [0.2, 0.25) is 0 Å². The lowest BCUT2D eigenvalue weighted by atomic mass is 10.0. The number of alkyl halides is 1. The first kappa shape index (κ1) is 7.17. The van der Waals surface area contributed by atoms with Crippen molar-refractivity contribution in [2.24, 2.45) is 0 Å². The van der Waals surface area contributed by atoms with Crippen LogP contribution < -0.4 is 0 Å². The van der Waals surface area contributed by atoms with E-state index in [0.29, 0.717) is 5.92 Å². The Morgan fingerprint density at radius 2 is 2.00 bits per heavy atom. The van der Waals surface area contributed by atoms with Crippen molar-refractivity contribution < 1.29 is 0 Å². The number of benzene rings is 1. The molecule has 0 aliphatic heterocycles. The van der Waals surface area contributed by atoms with Gasteiger partial charge in [-0.1, -0.05) is 32.0 Å². The Labute approximate surface area is 72.2 Å². The van der Waals surface area contributed by atoms with Crippen LogP contribution in [-0.2, 0) is 0 Å². The molecule has 1 aromatic rings. The van der Waals surface area contributed by atoms with Gasteiger partial charge in [0.15, 0.2) is 0 Å². The fourth-order valence-corrected chi connectivity index (χ4v) is 1.66. The summed E-state index contributed by atoms with van der Waals surface area (Å²) in [4.78, 5) is 0. The van der Waals surface area contributed by atoms with Crippen molar-refractivity contribution in [3.05, 3.63) is 34.9 Å². The molecule has 1 aromatic carbocycles. The number of fused-ring (bicyclic) bond motifs is 1. The zero-order chi connectivity index (χ0) is 8.01. The quantitative estimate of drug-likeness (QED) is 0.561. The molecule has 0 fully saturated rings. The second kappa shape index (κ2) is 2.25. The number of rotatable bonds is 1. The van der Waals surface area contributed by atoms with Gasteiger partial charge in [0.2, 0.25) is 0 Å². The van der Waals surface area contributed by atoms with E-state index in [1.807, 2.05) is 0 Å². The number of hydrogen-bond donors (Lipinski definition) is 0. The highest BCUT2D eigenvalue weighted by molar-refractivity contribution is 6.26. The molecule has 2 rings (SSSR count). The minimum atomic E-state index is 0.225. The van der Waals surface area contributed by atoms with Crippen LogP contribution in [0.25, 0.3) is 0 Å². The third kappa shape index (κ3) is 1.06. The standard InChI is InChI=1S/C10H11Cl/c1-6(2)7-3-4-8-9(5-7)10(8)11/h3-6,10H,1-2H3. The highest BCUT2D eigenvalue weighted by Crippen LogP contribution is 2.47. The van der Waals surface area contributed by atoms with Crippen LogP contribution in [0, 0.1) is 0 Å². The number of hydrogen-bond acceptors (Lipinski definition) is 0. The zero-order valence-electron chi connectivity index (χ0n) is 6.76. The maximum atomic E-state index is 5.96. The summed E-state index contributed by atoms with van der Waals surface area (Å²) in [5.74, 6) is 0.616. The lowest BCUT2D eigenvalue weighted by molar-refractivity contribution is 0.867. The summed E-state index contributed by atoms with van der Waals surface area (Å²) in [6.07, 6.45) is 0. The molecule has 1 aliphatic carbocycles. The van der Waals surface area contributed by atoms with Crippen molar-refractivity contribution >= 4 is 11.6 Å². The highest BCUT2D eigenvalue weighted by Gasteiger charge is 2.30. The molecule has 58 valence electrons. The number of halogens is 1. The molecule has 0 nitrogen and oxygen atoms in total. The van der Waals surface area contributed by atoms with Gasteiger partial charge in [-0.25, -0.2) is 0 Å². The monoisotopic (exact) mass is 166 g/mol. The maximum absolute atomic E-state index is 5.96. The molecule has 0 bridgehead atoms. The van der Waals surface area contributed by atoms with E-state index in [1.54, 1.807) is 0 Å². The van der Waals surface area contributed by atoms with E-state index in [4.69, 9.17) is 11.6 Å². The topological polar surface area (TPSA) is 0 Å². The molecular formula is C10H11Cl. The Morgan fingerprint density at radius 3 is 2.55 bits per heavy atom. The van der Waals surface area contributed by atoms with Crippen molar-refractivity contribution in [2.45, 2.75) is 25.1 Å². The molecule has 0 heterocycles. The molecule has 1 atom stereocenters. The smallest absolute Gasteiger partial charge is 0.0842 e. The third-order valence-corrected chi connectivity index (χ3v) is 2.71. The van der Waals surface area contributed by atoms with Crippen LogP contribution in [0.3, 0.4) is 0 Å². The predicted molar refractivity (Wildman–Crippen MR) is 48.2 cm³/mol.